The normalized spacial score (nSPS) is 31.9. The van der Waals surface area contributed by atoms with Crippen LogP contribution in [-0.4, -0.2) is 40.2 Å². The third-order valence-corrected chi connectivity index (χ3v) is 2.95. The van der Waals surface area contributed by atoms with Crippen molar-refractivity contribution in [2.45, 2.75) is 25.9 Å². The number of nitrogens with two attached hydrogens (primary N) is 1. The maximum atomic E-state index is 9.71. The van der Waals surface area contributed by atoms with Gasteiger partial charge in [-0.15, -0.1) is 0 Å². The highest BCUT2D eigenvalue weighted by Crippen LogP contribution is 2.20. The van der Waals surface area contributed by atoms with Crippen LogP contribution in [-0.2, 0) is 0 Å². The van der Waals surface area contributed by atoms with Crippen LogP contribution in [0, 0.1) is 5.92 Å². The van der Waals surface area contributed by atoms with Crippen LogP contribution < -0.4 is 5.73 Å². The monoisotopic (exact) mass is 202 g/mol. The molecule has 0 aliphatic carbocycles. The highest BCUT2D eigenvalue weighted by atomic mass is 32.1. The van der Waals surface area contributed by atoms with E-state index in [9.17, 15) is 5.11 Å². The molecule has 1 aliphatic heterocycles. The predicted molar refractivity (Wildman–Crippen MR) is 57.6 cm³/mol. The van der Waals surface area contributed by atoms with Gasteiger partial charge in [0.05, 0.1) is 10.6 Å². The van der Waals surface area contributed by atoms with Crippen LogP contribution in [0.25, 0.3) is 0 Å². The summed E-state index contributed by atoms with van der Waals surface area (Å²) in [6.45, 7) is 6.44. The summed E-state index contributed by atoms with van der Waals surface area (Å²) in [5.41, 5.74) is 5.01. The van der Waals surface area contributed by atoms with Crippen molar-refractivity contribution in [3.05, 3.63) is 0 Å². The highest BCUT2D eigenvalue weighted by molar-refractivity contribution is 7.80. The van der Waals surface area contributed by atoms with Gasteiger partial charge in [-0.05, 0) is 13.3 Å². The third-order valence-electron chi connectivity index (χ3n) is 2.55. The fraction of sp³-hybridized carbons (Fsp3) is 0.889. The molecule has 1 heterocycles. The van der Waals surface area contributed by atoms with Gasteiger partial charge in [-0.2, -0.15) is 0 Å². The van der Waals surface area contributed by atoms with E-state index in [1.54, 1.807) is 0 Å². The number of thiocarbonyl (C=S) groups is 1. The van der Waals surface area contributed by atoms with Crippen molar-refractivity contribution in [1.29, 1.82) is 0 Å². The van der Waals surface area contributed by atoms with Crippen LogP contribution in [0.2, 0.25) is 0 Å². The molecule has 0 spiro atoms. The zero-order valence-corrected chi connectivity index (χ0v) is 9.10. The van der Waals surface area contributed by atoms with Crippen molar-refractivity contribution >= 4 is 17.2 Å². The Morgan fingerprint density at radius 1 is 1.77 bits per heavy atom. The zero-order chi connectivity index (χ0) is 10.1. The minimum absolute atomic E-state index is 0.240. The molecular weight excluding hydrogens is 184 g/mol. The van der Waals surface area contributed by atoms with Crippen LogP contribution in [0.4, 0.5) is 0 Å². The minimum Gasteiger partial charge on any atom is -0.393 e. The minimum atomic E-state index is -0.518. The molecule has 0 aromatic rings. The molecule has 1 aliphatic rings. The second-order valence-corrected chi connectivity index (χ2v) is 4.76. The molecule has 0 amide bonds. The molecule has 0 aromatic heterocycles. The molecule has 4 heteroatoms. The fourth-order valence-corrected chi connectivity index (χ4v) is 1.75. The largest absolute Gasteiger partial charge is 0.393 e. The lowest BCUT2D eigenvalue weighted by atomic mass is 10.1. The van der Waals surface area contributed by atoms with Crippen LogP contribution >= 0.6 is 12.2 Å². The molecule has 0 aromatic carbocycles. The van der Waals surface area contributed by atoms with Crippen LogP contribution in [0.15, 0.2) is 0 Å². The van der Waals surface area contributed by atoms with Gasteiger partial charge >= 0.3 is 0 Å². The Bertz CT molecular complexity index is 206. The average Bonchev–Trinajstić information content (AvgIpc) is 2.30. The van der Waals surface area contributed by atoms with Gasteiger partial charge in [0, 0.05) is 25.6 Å². The van der Waals surface area contributed by atoms with Crippen molar-refractivity contribution in [2.24, 2.45) is 11.7 Å². The number of β-amino-alcohol motifs (C(OH)–C–C–N with tert-alkyl or cyclic N) is 1. The summed E-state index contributed by atoms with van der Waals surface area (Å²) in [6, 6.07) is 0. The van der Waals surface area contributed by atoms with Crippen molar-refractivity contribution in [3.8, 4) is 0 Å². The first kappa shape index (κ1) is 10.9. The molecule has 0 radical (unpaired) electrons. The summed E-state index contributed by atoms with van der Waals surface area (Å²) in [7, 11) is 0. The zero-order valence-electron chi connectivity index (χ0n) is 8.29. The van der Waals surface area contributed by atoms with Crippen molar-refractivity contribution in [1.82, 2.24) is 4.90 Å². The molecule has 76 valence electrons. The molecule has 1 saturated heterocycles. The van der Waals surface area contributed by atoms with Gasteiger partial charge < -0.3 is 10.8 Å². The van der Waals surface area contributed by atoms with E-state index in [0.29, 0.717) is 4.99 Å². The lowest BCUT2D eigenvalue weighted by Gasteiger charge is -2.21. The Hall–Kier alpha value is -0.190. The highest BCUT2D eigenvalue weighted by Gasteiger charge is 2.31. The molecule has 3 nitrogen and oxygen atoms in total. The third kappa shape index (κ3) is 3.21. The molecule has 3 N–H and O–H groups in total. The first-order valence-electron chi connectivity index (χ1n) is 4.65. The van der Waals surface area contributed by atoms with Gasteiger partial charge in [-0.3, -0.25) is 4.90 Å². The number of aliphatic hydroxyl groups is 1. The topological polar surface area (TPSA) is 49.5 Å². The Balaban J connectivity index is 2.36. The maximum Gasteiger partial charge on any atom is 0.0768 e. The number of rotatable bonds is 3. The number of likely N-dealkylation sites (tertiary alicyclic amines) is 1. The van der Waals surface area contributed by atoms with Gasteiger partial charge in [0.1, 0.15) is 0 Å². The summed E-state index contributed by atoms with van der Waals surface area (Å²) in [5, 5.41) is 9.71. The van der Waals surface area contributed by atoms with Gasteiger partial charge in [-0.1, -0.05) is 19.1 Å². The Kier molecular flexibility index (Phi) is 3.27. The summed E-state index contributed by atoms with van der Waals surface area (Å²) >= 11 is 4.90. The number of hydrogen-bond acceptors (Lipinski definition) is 3. The van der Waals surface area contributed by atoms with Crippen molar-refractivity contribution < 1.29 is 5.11 Å². The number of nitrogens with zero attached hydrogens (tertiary/aromatic N) is 1. The van der Waals surface area contributed by atoms with E-state index >= 15 is 0 Å². The Labute approximate surface area is 84.9 Å². The van der Waals surface area contributed by atoms with Crippen molar-refractivity contribution in [2.75, 3.05) is 19.6 Å². The van der Waals surface area contributed by atoms with E-state index in [2.05, 4.69) is 4.90 Å². The second-order valence-electron chi connectivity index (χ2n) is 4.29. The smallest absolute Gasteiger partial charge is 0.0768 e. The average molecular weight is 202 g/mol. The molecule has 0 bridgehead atoms. The SMILES string of the molecule is CC(CN1CCC(C)(O)C1)C(N)=S. The Morgan fingerprint density at radius 3 is 2.77 bits per heavy atom. The molecular formula is C9H18N2OS. The molecule has 1 rings (SSSR count). The molecule has 2 atom stereocenters. The quantitative estimate of drug-likeness (QED) is 0.649. The second kappa shape index (κ2) is 3.90. The molecule has 0 saturated carbocycles. The first-order chi connectivity index (χ1) is 5.91. The van der Waals surface area contributed by atoms with Gasteiger partial charge in [0.15, 0.2) is 0 Å². The molecule has 1 fully saturated rings. The lowest BCUT2D eigenvalue weighted by Crippen LogP contribution is -2.35. The lowest BCUT2D eigenvalue weighted by molar-refractivity contribution is 0.0681. The molecule has 2 unspecified atom stereocenters. The number of hydrogen-bond donors (Lipinski definition) is 2. The van der Waals surface area contributed by atoms with E-state index in [1.165, 1.54) is 0 Å². The summed E-state index contributed by atoms with van der Waals surface area (Å²) in [4.78, 5) is 2.77. The fourth-order valence-electron chi connectivity index (χ4n) is 1.67. The standard InChI is InChI=1S/C9H18N2OS/c1-7(8(10)13)5-11-4-3-9(2,12)6-11/h7,12H,3-6H2,1-2H3,(H2,10,13). The van der Waals surface area contributed by atoms with Crippen molar-refractivity contribution in [3.63, 3.8) is 0 Å². The van der Waals surface area contributed by atoms with Crippen LogP contribution in [0.1, 0.15) is 20.3 Å². The van der Waals surface area contributed by atoms with Crippen LogP contribution in [0.5, 0.6) is 0 Å². The predicted octanol–water partition coefficient (Wildman–Crippen LogP) is 0.365. The van der Waals surface area contributed by atoms with Gasteiger partial charge in [-0.25, -0.2) is 0 Å². The summed E-state index contributed by atoms with van der Waals surface area (Å²) in [6.07, 6.45) is 0.844. The Morgan fingerprint density at radius 2 is 2.38 bits per heavy atom. The maximum absolute atomic E-state index is 9.71. The van der Waals surface area contributed by atoms with Gasteiger partial charge in [0.2, 0.25) is 0 Å². The molecule has 13 heavy (non-hydrogen) atoms. The van der Waals surface area contributed by atoms with E-state index in [1.807, 2.05) is 13.8 Å². The first-order valence-corrected chi connectivity index (χ1v) is 5.05. The summed E-state index contributed by atoms with van der Waals surface area (Å²) < 4.78 is 0. The van der Waals surface area contributed by atoms with E-state index in [4.69, 9.17) is 18.0 Å². The van der Waals surface area contributed by atoms with Gasteiger partial charge in [0.25, 0.3) is 0 Å². The van der Waals surface area contributed by atoms with Crippen LogP contribution in [0.3, 0.4) is 0 Å². The van der Waals surface area contributed by atoms with E-state index in [0.717, 1.165) is 26.1 Å². The van der Waals surface area contributed by atoms with E-state index in [-0.39, 0.29) is 5.92 Å². The van der Waals surface area contributed by atoms with E-state index < -0.39 is 5.60 Å². The summed E-state index contributed by atoms with van der Waals surface area (Å²) in [5.74, 6) is 0.240.